The maximum Gasteiger partial charge on any atom is 0.311 e. The van der Waals surface area contributed by atoms with E-state index in [0.29, 0.717) is 19.4 Å². The van der Waals surface area contributed by atoms with Gasteiger partial charge in [0, 0.05) is 0 Å². The molecule has 0 rings (SSSR count). The molecule has 3 nitrogen and oxygen atoms in total. The maximum absolute atomic E-state index is 11.5. The van der Waals surface area contributed by atoms with Gasteiger partial charge in [0.25, 0.3) is 0 Å². The average Bonchev–Trinajstić information content (AvgIpc) is 2.14. The minimum Gasteiger partial charge on any atom is -0.466 e. The molecule has 0 heterocycles. The largest absolute Gasteiger partial charge is 0.466 e. The summed E-state index contributed by atoms with van der Waals surface area (Å²) in [5.41, 5.74) is -0.480. The molecule has 0 aliphatic heterocycles. The second-order valence-corrected chi connectivity index (χ2v) is 4.21. The standard InChI is InChI=1S/C11H22O3/c1-5-9(12)7-8-11(3,4)10(13)14-6-2/h9,12H,5-8H2,1-4H3/t9-/m0/s1. The molecule has 0 amide bonds. The fourth-order valence-corrected chi connectivity index (χ4v) is 1.16. The highest BCUT2D eigenvalue weighted by atomic mass is 16.5. The van der Waals surface area contributed by atoms with Crippen molar-refractivity contribution in [2.24, 2.45) is 5.41 Å². The Bertz CT molecular complexity index is 175. The molecule has 0 spiro atoms. The van der Waals surface area contributed by atoms with Crippen molar-refractivity contribution in [3.63, 3.8) is 0 Å². The molecule has 0 bridgehead atoms. The molecule has 0 saturated heterocycles. The molecule has 84 valence electrons. The van der Waals surface area contributed by atoms with Crippen LogP contribution in [0.1, 0.15) is 47.0 Å². The van der Waals surface area contributed by atoms with Crippen LogP contribution >= 0.6 is 0 Å². The zero-order valence-electron chi connectivity index (χ0n) is 9.67. The van der Waals surface area contributed by atoms with E-state index in [1.807, 2.05) is 20.8 Å². The molecule has 0 aromatic rings. The Hall–Kier alpha value is -0.570. The van der Waals surface area contributed by atoms with Gasteiger partial charge in [0.15, 0.2) is 0 Å². The van der Waals surface area contributed by atoms with E-state index in [1.165, 1.54) is 0 Å². The predicted octanol–water partition coefficient (Wildman–Crippen LogP) is 2.13. The van der Waals surface area contributed by atoms with Crippen LogP contribution < -0.4 is 0 Å². The SMILES string of the molecule is CCOC(=O)C(C)(C)CC[C@@H](O)CC. The van der Waals surface area contributed by atoms with E-state index in [0.717, 1.165) is 6.42 Å². The minimum absolute atomic E-state index is 0.177. The van der Waals surface area contributed by atoms with Crippen molar-refractivity contribution in [1.82, 2.24) is 0 Å². The van der Waals surface area contributed by atoms with Crippen LogP contribution in [-0.2, 0) is 9.53 Å². The first kappa shape index (κ1) is 13.4. The molecular formula is C11H22O3. The van der Waals surface area contributed by atoms with Gasteiger partial charge in [-0.25, -0.2) is 0 Å². The molecule has 0 aliphatic rings. The van der Waals surface area contributed by atoms with Gasteiger partial charge in [-0.2, -0.15) is 0 Å². The van der Waals surface area contributed by atoms with E-state index in [2.05, 4.69) is 0 Å². The number of aliphatic hydroxyl groups excluding tert-OH is 1. The zero-order chi connectivity index (χ0) is 11.2. The molecule has 0 saturated carbocycles. The van der Waals surface area contributed by atoms with Crippen LogP contribution in [0.15, 0.2) is 0 Å². The molecule has 3 heteroatoms. The lowest BCUT2D eigenvalue weighted by molar-refractivity contribution is -0.154. The Morgan fingerprint density at radius 3 is 2.43 bits per heavy atom. The number of esters is 1. The topological polar surface area (TPSA) is 46.5 Å². The second kappa shape index (κ2) is 6.02. The molecule has 14 heavy (non-hydrogen) atoms. The van der Waals surface area contributed by atoms with Crippen LogP contribution in [0.3, 0.4) is 0 Å². The predicted molar refractivity (Wildman–Crippen MR) is 55.9 cm³/mol. The maximum atomic E-state index is 11.5. The van der Waals surface area contributed by atoms with Gasteiger partial charge in [-0.1, -0.05) is 6.92 Å². The highest BCUT2D eigenvalue weighted by molar-refractivity contribution is 5.75. The first-order chi connectivity index (χ1) is 6.44. The molecular weight excluding hydrogens is 180 g/mol. The summed E-state index contributed by atoms with van der Waals surface area (Å²) in [7, 11) is 0. The Kier molecular flexibility index (Phi) is 5.77. The fraction of sp³-hybridized carbons (Fsp3) is 0.909. The first-order valence-corrected chi connectivity index (χ1v) is 5.29. The summed E-state index contributed by atoms with van der Waals surface area (Å²) in [6, 6.07) is 0. The lowest BCUT2D eigenvalue weighted by Crippen LogP contribution is -2.27. The molecule has 1 atom stereocenters. The highest BCUT2D eigenvalue weighted by Crippen LogP contribution is 2.25. The Labute approximate surface area is 86.5 Å². The van der Waals surface area contributed by atoms with Crippen molar-refractivity contribution < 1.29 is 14.6 Å². The van der Waals surface area contributed by atoms with Crippen molar-refractivity contribution in [3.8, 4) is 0 Å². The van der Waals surface area contributed by atoms with Gasteiger partial charge < -0.3 is 9.84 Å². The summed E-state index contributed by atoms with van der Waals surface area (Å²) in [5.74, 6) is -0.177. The molecule has 0 radical (unpaired) electrons. The van der Waals surface area contributed by atoms with Crippen molar-refractivity contribution >= 4 is 5.97 Å². The van der Waals surface area contributed by atoms with Gasteiger partial charge in [0.05, 0.1) is 18.1 Å². The quantitative estimate of drug-likeness (QED) is 0.671. The second-order valence-electron chi connectivity index (χ2n) is 4.21. The Morgan fingerprint density at radius 1 is 1.43 bits per heavy atom. The van der Waals surface area contributed by atoms with Gasteiger partial charge in [-0.3, -0.25) is 4.79 Å². The van der Waals surface area contributed by atoms with Crippen LogP contribution in [0.5, 0.6) is 0 Å². The summed E-state index contributed by atoms with van der Waals surface area (Å²) in [6.45, 7) is 7.86. The van der Waals surface area contributed by atoms with Crippen molar-refractivity contribution in [1.29, 1.82) is 0 Å². The summed E-state index contributed by atoms with van der Waals surface area (Å²) in [4.78, 5) is 11.5. The van der Waals surface area contributed by atoms with Crippen LogP contribution in [-0.4, -0.2) is 23.8 Å². The number of aliphatic hydroxyl groups is 1. The smallest absolute Gasteiger partial charge is 0.311 e. The van der Waals surface area contributed by atoms with Gasteiger partial charge in [-0.15, -0.1) is 0 Å². The summed E-state index contributed by atoms with van der Waals surface area (Å²) >= 11 is 0. The fourth-order valence-electron chi connectivity index (χ4n) is 1.16. The van der Waals surface area contributed by atoms with Gasteiger partial charge in [-0.05, 0) is 40.0 Å². The van der Waals surface area contributed by atoms with E-state index < -0.39 is 5.41 Å². The summed E-state index contributed by atoms with van der Waals surface area (Å²) in [6.07, 6.45) is 1.76. The van der Waals surface area contributed by atoms with Crippen molar-refractivity contribution in [3.05, 3.63) is 0 Å². The third kappa shape index (κ3) is 4.61. The van der Waals surface area contributed by atoms with Crippen LogP contribution in [0.4, 0.5) is 0 Å². The first-order valence-electron chi connectivity index (χ1n) is 5.29. The van der Waals surface area contributed by atoms with E-state index in [1.54, 1.807) is 6.92 Å². The normalized spacial score (nSPS) is 13.8. The molecule has 0 aromatic heterocycles. The van der Waals surface area contributed by atoms with E-state index >= 15 is 0 Å². The third-order valence-electron chi connectivity index (χ3n) is 2.40. The van der Waals surface area contributed by atoms with Gasteiger partial charge in [0.2, 0.25) is 0 Å². The Morgan fingerprint density at radius 2 is 2.00 bits per heavy atom. The van der Waals surface area contributed by atoms with Crippen LogP contribution in [0.25, 0.3) is 0 Å². The molecule has 0 fully saturated rings. The van der Waals surface area contributed by atoms with E-state index in [-0.39, 0.29) is 12.1 Å². The summed E-state index contributed by atoms with van der Waals surface area (Å²) < 4.78 is 4.95. The average molecular weight is 202 g/mol. The Balaban J connectivity index is 3.99. The van der Waals surface area contributed by atoms with Crippen molar-refractivity contribution in [2.75, 3.05) is 6.61 Å². The van der Waals surface area contributed by atoms with Crippen molar-refractivity contribution in [2.45, 2.75) is 53.1 Å². The lowest BCUT2D eigenvalue weighted by atomic mass is 9.86. The number of ether oxygens (including phenoxy) is 1. The molecule has 0 aliphatic carbocycles. The van der Waals surface area contributed by atoms with Crippen LogP contribution in [0.2, 0.25) is 0 Å². The van der Waals surface area contributed by atoms with E-state index in [4.69, 9.17) is 4.74 Å². The number of rotatable bonds is 6. The number of carbonyl (C=O) groups excluding carboxylic acids is 1. The van der Waals surface area contributed by atoms with Gasteiger partial charge in [0.1, 0.15) is 0 Å². The van der Waals surface area contributed by atoms with Gasteiger partial charge >= 0.3 is 5.97 Å². The number of hydrogen-bond acceptors (Lipinski definition) is 3. The molecule has 1 N–H and O–H groups in total. The monoisotopic (exact) mass is 202 g/mol. The molecule has 0 aromatic carbocycles. The van der Waals surface area contributed by atoms with Crippen LogP contribution in [0, 0.1) is 5.41 Å². The lowest BCUT2D eigenvalue weighted by Gasteiger charge is -2.23. The number of hydrogen-bond donors (Lipinski definition) is 1. The third-order valence-corrected chi connectivity index (χ3v) is 2.40. The minimum atomic E-state index is -0.480. The van der Waals surface area contributed by atoms with E-state index in [9.17, 15) is 9.90 Å². The summed E-state index contributed by atoms with van der Waals surface area (Å²) in [5, 5.41) is 9.38. The molecule has 0 unspecified atom stereocenters. The highest BCUT2D eigenvalue weighted by Gasteiger charge is 2.29. The number of carbonyl (C=O) groups is 1. The zero-order valence-corrected chi connectivity index (χ0v) is 9.67.